The third-order valence-corrected chi connectivity index (χ3v) is 1.98. The minimum atomic E-state index is 0.0168. The summed E-state index contributed by atoms with van der Waals surface area (Å²) < 4.78 is 5.34. The molecule has 5 heteroatoms. The van der Waals surface area contributed by atoms with Crippen LogP contribution in [0.2, 0.25) is 5.02 Å². The summed E-state index contributed by atoms with van der Waals surface area (Å²) in [5, 5.41) is 9.43. The van der Waals surface area contributed by atoms with Gasteiger partial charge in [-0.2, -0.15) is 0 Å². The van der Waals surface area contributed by atoms with E-state index in [9.17, 15) is 5.11 Å². The van der Waals surface area contributed by atoms with Crippen molar-refractivity contribution in [3.63, 3.8) is 0 Å². The molecule has 0 bridgehead atoms. The molecule has 1 aromatic heterocycles. The number of rotatable bonds is 2. The smallest absolute Gasteiger partial charge is 0.237 e. The lowest BCUT2D eigenvalue weighted by Crippen LogP contribution is -1.87. The monoisotopic (exact) mass is 222 g/mol. The quantitative estimate of drug-likeness (QED) is 0.849. The van der Waals surface area contributed by atoms with Crippen molar-refractivity contribution in [3.8, 4) is 17.4 Å². The van der Waals surface area contributed by atoms with Gasteiger partial charge in [0.05, 0.1) is 11.2 Å². The van der Waals surface area contributed by atoms with E-state index in [0.717, 1.165) is 0 Å². The predicted molar refractivity (Wildman–Crippen MR) is 55.2 cm³/mol. The molecular formula is C10H7ClN2O2. The summed E-state index contributed by atoms with van der Waals surface area (Å²) in [6.07, 6.45) is 4.56. The van der Waals surface area contributed by atoms with E-state index in [1.165, 1.54) is 24.5 Å². The number of aromatic nitrogens is 2. The van der Waals surface area contributed by atoms with Crippen LogP contribution in [-0.4, -0.2) is 15.1 Å². The molecule has 0 fully saturated rings. The lowest BCUT2D eigenvalue weighted by molar-refractivity contribution is 0.452. The van der Waals surface area contributed by atoms with Crippen LogP contribution in [0.5, 0.6) is 17.4 Å². The fraction of sp³-hybridized carbons (Fsp3) is 0. The normalized spacial score (nSPS) is 9.93. The van der Waals surface area contributed by atoms with Gasteiger partial charge in [0.15, 0.2) is 0 Å². The van der Waals surface area contributed by atoms with Crippen molar-refractivity contribution in [2.24, 2.45) is 0 Å². The minimum absolute atomic E-state index is 0.0168. The van der Waals surface area contributed by atoms with E-state index in [2.05, 4.69) is 9.97 Å². The van der Waals surface area contributed by atoms with Crippen molar-refractivity contribution < 1.29 is 9.84 Å². The molecule has 0 saturated carbocycles. The summed E-state index contributed by atoms with van der Waals surface area (Å²) in [7, 11) is 0. The second-order valence-corrected chi connectivity index (χ2v) is 3.17. The lowest BCUT2D eigenvalue weighted by Gasteiger charge is -2.04. The Kier molecular flexibility index (Phi) is 2.69. The topological polar surface area (TPSA) is 55.2 Å². The van der Waals surface area contributed by atoms with Gasteiger partial charge in [0.2, 0.25) is 5.88 Å². The van der Waals surface area contributed by atoms with Crippen LogP contribution in [0, 0.1) is 0 Å². The maximum atomic E-state index is 9.19. The Morgan fingerprint density at radius 3 is 2.80 bits per heavy atom. The first kappa shape index (κ1) is 9.73. The Labute approximate surface area is 91.1 Å². The fourth-order valence-corrected chi connectivity index (χ4v) is 1.18. The van der Waals surface area contributed by atoms with E-state index in [4.69, 9.17) is 16.3 Å². The van der Waals surface area contributed by atoms with Gasteiger partial charge in [0.25, 0.3) is 0 Å². The number of halogens is 1. The summed E-state index contributed by atoms with van der Waals surface area (Å²) in [6.45, 7) is 0. The van der Waals surface area contributed by atoms with Crippen molar-refractivity contribution >= 4 is 11.6 Å². The summed E-state index contributed by atoms with van der Waals surface area (Å²) in [5.41, 5.74) is 0. The average Bonchev–Trinajstić information content (AvgIpc) is 2.25. The second-order valence-electron chi connectivity index (χ2n) is 2.76. The van der Waals surface area contributed by atoms with E-state index in [1.54, 1.807) is 12.3 Å². The Morgan fingerprint density at radius 1 is 1.27 bits per heavy atom. The summed E-state index contributed by atoms with van der Waals surface area (Å²) in [4.78, 5) is 7.79. The number of ether oxygens (including phenoxy) is 1. The van der Waals surface area contributed by atoms with Crippen molar-refractivity contribution in [2.75, 3.05) is 0 Å². The zero-order valence-corrected chi connectivity index (χ0v) is 8.35. The van der Waals surface area contributed by atoms with Gasteiger partial charge in [-0.05, 0) is 12.1 Å². The molecule has 0 aliphatic rings. The molecule has 0 amide bonds. The summed E-state index contributed by atoms with van der Waals surface area (Å²) in [6, 6.07) is 4.55. The molecule has 1 N–H and O–H groups in total. The van der Waals surface area contributed by atoms with Crippen LogP contribution in [0.15, 0.2) is 36.8 Å². The van der Waals surface area contributed by atoms with Gasteiger partial charge in [0, 0.05) is 18.5 Å². The Hall–Kier alpha value is -1.81. The molecule has 2 aromatic rings. The van der Waals surface area contributed by atoms with Crippen LogP contribution in [0.3, 0.4) is 0 Å². The van der Waals surface area contributed by atoms with Gasteiger partial charge < -0.3 is 9.84 Å². The molecule has 1 aromatic carbocycles. The zero-order chi connectivity index (χ0) is 10.7. The average molecular weight is 223 g/mol. The fourth-order valence-electron chi connectivity index (χ4n) is 1.01. The van der Waals surface area contributed by atoms with E-state index >= 15 is 0 Å². The zero-order valence-electron chi connectivity index (χ0n) is 7.59. The Morgan fingerprint density at radius 2 is 2.13 bits per heavy atom. The highest BCUT2D eigenvalue weighted by atomic mass is 35.5. The highest BCUT2D eigenvalue weighted by molar-refractivity contribution is 6.32. The van der Waals surface area contributed by atoms with Crippen molar-refractivity contribution in [1.29, 1.82) is 0 Å². The molecule has 1 heterocycles. The molecule has 4 nitrogen and oxygen atoms in total. The largest absolute Gasteiger partial charge is 0.506 e. The van der Waals surface area contributed by atoms with Gasteiger partial charge in [-0.1, -0.05) is 11.6 Å². The Balaban J connectivity index is 2.22. The Bertz CT molecular complexity index is 462. The van der Waals surface area contributed by atoms with Crippen LogP contribution in [0.25, 0.3) is 0 Å². The van der Waals surface area contributed by atoms with Gasteiger partial charge >= 0.3 is 0 Å². The van der Waals surface area contributed by atoms with Crippen LogP contribution in [0.4, 0.5) is 0 Å². The SMILES string of the molecule is Oc1ccc(Oc2cnccn2)cc1Cl. The van der Waals surface area contributed by atoms with Crippen LogP contribution < -0.4 is 4.74 Å². The predicted octanol–water partition coefficient (Wildman–Crippen LogP) is 2.63. The molecule has 0 aliphatic heterocycles. The number of hydrogen-bond acceptors (Lipinski definition) is 4. The number of benzene rings is 1. The third kappa shape index (κ3) is 2.35. The highest BCUT2D eigenvalue weighted by Crippen LogP contribution is 2.29. The molecule has 15 heavy (non-hydrogen) atoms. The van der Waals surface area contributed by atoms with E-state index in [-0.39, 0.29) is 10.8 Å². The molecule has 2 rings (SSSR count). The number of phenolic OH excluding ortho intramolecular Hbond substituents is 1. The van der Waals surface area contributed by atoms with E-state index in [0.29, 0.717) is 11.6 Å². The molecule has 76 valence electrons. The molecule has 0 unspecified atom stereocenters. The molecule has 0 radical (unpaired) electrons. The van der Waals surface area contributed by atoms with E-state index < -0.39 is 0 Å². The summed E-state index contributed by atoms with van der Waals surface area (Å²) in [5.74, 6) is 0.890. The second kappa shape index (κ2) is 4.14. The maximum absolute atomic E-state index is 9.19. The van der Waals surface area contributed by atoms with Gasteiger partial charge in [0.1, 0.15) is 11.5 Å². The van der Waals surface area contributed by atoms with Gasteiger partial charge in [-0.3, -0.25) is 4.98 Å². The molecule has 0 aliphatic carbocycles. The third-order valence-electron chi connectivity index (χ3n) is 1.68. The van der Waals surface area contributed by atoms with Crippen LogP contribution in [-0.2, 0) is 0 Å². The maximum Gasteiger partial charge on any atom is 0.237 e. The summed E-state index contributed by atoms with van der Waals surface area (Å²) >= 11 is 5.71. The number of hydrogen-bond donors (Lipinski definition) is 1. The van der Waals surface area contributed by atoms with Gasteiger partial charge in [-0.25, -0.2) is 4.98 Å². The lowest BCUT2D eigenvalue weighted by atomic mass is 10.3. The first-order valence-corrected chi connectivity index (χ1v) is 4.56. The number of nitrogens with zero attached hydrogens (tertiary/aromatic N) is 2. The molecule has 0 saturated heterocycles. The van der Waals surface area contributed by atoms with Crippen LogP contribution in [0.1, 0.15) is 0 Å². The minimum Gasteiger partial charge on any atom is -0.506 e. The molecule has 0 spiro atoms. The molecule has 0 atom stereocenters. The van der Waals surface area contributed by atoms with Crippen LogP contribution >= 0.6 is 11.6 Å². The number of aromatic hydroxyl groups is 1. The first-order valence-electron chi connectivity index (χ1n) is 4.18. The highest BCUT2D eigenvalue weighted by Gasteiger charge is 2.02. The van der Waals surface area contributed by atoms with Crippen molar-refractivity contribution in [3.05, 3.63) is 41.8 Å². The molecular weight excluding hydrogens is 216 g/mol. The first-order chi connectivity index (χ1) is 7.25. The van der Waals surface area contributed by atoms with Gasteiger partial charge in [-0.15, -0.1) is 0 Å². The van der Waals surface area contributed by atoms with Crippen molar-refractivity contribution in [1.82, 2.24) is 9.97 Å². The number of phenols is 1. The van der Waals surface area contributed by atoms with E-state index in [1.807, 2.05) is 0 Å². The standard InChI is InChI=1S/C10H7ClN2O2/c11-8-5-7(1-2-9(8)14)15-10-6-12-3-4-13-10/h1-6,14H. The van der Waals surface area contributed by atoms with Crippen molar-refractivity contribution in [2.45, 2.75) is 0 Å².